The van der Waals surface area contributed by atoms with Crippen LogP contribution in [0.15, 0.2) is 12.1 Å². The Kier molecular flexibility index (Phi) is 4.08. The minimum Gasteiger partial charge on any atom is -0.293 e. The monoisotopic (exact) mass is 270 g/mol. The second-order valence-corrected chi connectivity index (χ2v) is 4.58. The first-order chi connectivity index (χ1) is 6.43. The van der Waals surface area contributed by atoms with Crippen molar-refractivity contribution in [1.82, 2.24) is 0 Å². The number of Topliss-reactive ketones (excluding diaryl/α,β-unsaturated/α-hetero) is 1. The first-order valence-corrected chi connectivity index (χ1v) is 5.33. The van der Waals surface area contributed by atoms with Crippen LogP contribution in [0, 0.1) is 0 Å². The second-order valence-electron chi connectivity index (χ2n) is 2.73. The highest BCUT2D eigenvalue weighted by atomic mass is 35.5. The summed E-state index contributed by atoms with van der Waals surface area (Å²) in [7, 11) is 0. The number of benzene rings is 1. The molecule has 1 aromatic carbocycles. The summed E-state index contributed by atoms with van der Waals surface area (Å²) in [4.78, 5) is 11.5. The van der Waals surface area contributed by atoms with Gasteiger partial charge < -0.3 is 0 Å². The number of carbonyl (C=O) groups is 1. The van der Waals surface area contributed by atoms with Gasteiger partial charge in [0.25, 0.3) is 0 Å². The molecule has 0 amide bonds. The molecule has 1 aromatic rings. The van der Waals surface area contributed by atoms with Gasteiger partial charge >= 0.3 is 0 Å². The average Bonchev–Trinajstić information content (AvgIpc) is 2.12. The van der Waals surface area contributed by atoms with E-state index in [2.05, 4.69) is 0 Å². The van der Waals surface area contributed by atoms with Crippen molar-refractivity contribution in [3.05, 3.63) is 32.8 Å². The molecule has 5 heteroatoms. The second kappa shape index (κ2) is 4.71. The lowest BCUT2D eigenvalue weighted by Crippen LogP contribution is -2.10. The predicted molar refractivity (Wildman–Crippen MR) is 61.1 cm³/mol. The van der Waals surface area contributed by atoms with Gasteiger partial charge in [-0.15, -0.1) is 11.6 Å². The number of alkyl halides is 1. The fourth-order valence-electron chi connectivity index (χ4n) is 0.927. The van der Waals surface area contributed by atoms with Crippen LogP contribution < -0.4 is 0 Å². The van der Waals surface area contributed by atoms with Crippen LogP contribution in [0.3, 0.4) is 0 Å². The van der Waals surface area contributed by atoms with E-state index in [-0.39, 0.29) is 20.9 Å². The van der Waals surface area contributed by atoms with E-state index in [1.54, 1.807) is 6.92 Å². The van der Waals surface area contributed by atoms with Gasteiger partial charge in [0.15, 0.2) is 5.78 Å². The maximum Gasteiger partial charge on any atom is 0.180 e. The van der Waals surface area contributed by atoms with Crippen molar-refractivity contribution in [1.29, 1.82) is 0 Å². The Hall–Kier alpha value is 0.0500. The molecule has 0 aliphatic carbocycles. The van der Waals surface area contributed by atoms with E-state index in [1.807, 2.05) is 0 Å². The van der Waals surface area contributed by atoms with E-state index in [0.717, 1.165) is 0 Å². The summed E-state index contributed by atoms with van der Waals surface area (Å²) in [6.07, 6.45) is 0. The van der Waals surface area contributed by atoms with Crippen LogP contribution in [0.1, 0.15) is 17.3 Å². The summed E-state index contributed by atoms with van der Waals surface area (Å²) in [5.41, 5.74) is 0.368. The van der Waals surface area contributed by atoms with Gasteiger partial charge in [0.05, 0.1) is 20.4 Å². The fraction of sp³-hybridized carbons (Fsp3) is 0.222. The Morgan fingerprint density at radius 1 is 1.21 bits per heavy atom. The van der Waals surface area contributed by atoms with Crippen molar-refractivity contribution in [2.75, 3.05) is 0 Å². The van der Waals surface area contributed by atoms with E-state index in [1.165, 1.54) is 12.1 Å². The smallest absolute Gasteiger partial charge is 0.180 e. The first-order valence-electron chi connectivity index (χ1n) is 3.76. The van der Waals surface area contributed by atoms with E-state index >= 15 is 0 Å². The van der Waals surface area contributed by atoms with Gasteiger partial charge in [-0.1, -0.05) is 34.8 Å². The number of hydrogen-bond acceptors (Lipinski definition) is 1. The standard InChI is InChI=1S/C9H6Cl4O/c1-4(10)9(14)5-2-6(11)8(13)7(12)3-5/h2-4H,1H3. The minimum atomic E-state index is -0.608. The molecular formula is C9H6Cl4O. The molecule has 1 rings (SSSR count). The topological polar surface area (TPSA) is 17.1 Å². The van der Waals surface area contributed by atoms with Gasteiger partial charge in [-0.2, -0.15) is 0 Å². The molecule has 14 heavy (non-hydrogen) atoms. The molecule has 0 saturated heterocycles. The summed E-state index contributed by atoms with van der Waals surface area (Å²) in [5, 5.41) is 0.134. The molecule has 1 unspecified atom stereocenters. The maximum absolute atomic E-state index is 11.5. The lowest BCUT2D eigenvalue weighted by molar-refractivity contribution is 0.0992. The highest BCUT2D eigenvalue weighted by Crippen LogP contribution is 2.31. The van der Waals surface area contributed by atoms with Crippen LogP contribution in [0.4, 0.5) is 0 Å². The number of halogens is 4. The zero-order valence-electron chi connectivity index (χ0n) is 7.15. The zero-order chi connectivity index (χ0) is 10.9. The average molecular weight is 272 g/mol. The van der Waals surface area contributed by atoms with Crippen LogP contribution in [-0.4, -0.2) is 11.2 Å². The normalized spacial score (nSPS) is 12.6. The van der Waals surface area contributed by atoms with Gasteiger partial charge in [-0.05, 0) is 19.1 Å². The van der Waals surface area contributed by atoms with Gasteiger partial charge in [-0.3, -0.25) is 4.79 Å². The highest BCUT2D eigenvalue weighted by Gasteiger charge is 2.15. The molecule has 0 fully saturated rings. The van der Waals surface area contributed by atoms with E-state index in [9.17, 15) is 4.79 Å². The molecule has 0 radical (unpaired) electrons. The van der Waals surface area contributed by atoms with E-state index < -0.39 is 5.38 Å². The van der Waals surface area contributed by atoms with Crippen LogP contribution in [0.5, 0.6) is 0 Å². The van der Waals surface area contributed by atoms with Crippen molar-refractivity contribution in [3.63, 3.8) is 0 Å². The lowest BCUT2D eigenvalue weighted by atomic mass is 10.1. The number of carbonyl (C=O) groups excluding carboxylic acids is 1. The summed E-state index contributed by atoms with van der Waals surface area (Å²) >= 11 is 22.9. The van der Waals surface area contributed by atoms with Crippen molar-refractivity contribution < 1.29 is 4.79 Å². The summed E-state index contributed by atoms with van der Waals surface area (Å²) in [6, 6.07) is 2.91. The quantitative estimate of drug-likeness (QED) is 0.441. The third-order valence-corrected chi connectivity index (χ3v) is 3.02. The summed E-state index contributed by atoms with van der Waals surface area (Å²) in [5.74, 6) is -0.230. The minimum absolute atomic E-state index is 0.230. The molecular weight excluding hydrogens is 266 g/mol. The molecule has 0 N–H and O–H groups in total. The highest BCUT2D eigenvalue weighted by molar-refractivity contribution is 6.48. The van der Waals surface area contributed by atoms with Gasteiger partial charge in [0, 0.05) is 5.56 Å². The van der Waals surface area contributed by atoms with Crippen LogP contribution >= 0.6 is 46.4 Å². The number of ketones is 1. The summed E-state index contributed by atoms with van der Waals surface area (Å²) in [6.45, 7) is 1.58. The Bertz CT molecular complexity index is 350. The first kappa shape index (κ1) is 12.1. The van der Waals surface area contributed by atoms with Crippen molar-refractivity contribution in [2.24, 2.45) is 0 Å². The molecule has 0 heterocycles. The van der Waals surface area contributed by atoms with Gasteiger partial charge in [-0.25, -0.2) is 0 Å². The number of rotatable bonds is 2. The molecule has 0 saturated carbocycles. The van der Waals surface area contributed by atoms with E-state index in [0.29, 0.717) is 5.56 Å². The van der Waals surface area contributed by atoms with Crippen molar-refractivity contribution >= 4 is 52.2 Å². The third-order valence-electron chi connectivity index (χ3n) is 1.63. The Balaban J connectivity index is 3.19. The Morgan fingerprint density at radius 2 is 1.64 bits per heavy atom. The van der Waals surface area contributed by atoms with Crippen LogP contribution in [-0.2, 0) is 0 Å². The molecule has 1 atom stereocenters. The molecule has 0 aromatic heterocycles. The predicted octanol–water partition coefficient (Wildman–Crippen LogP) is 4.46. The Morgan fingerprint density at radius 3 is 2.00 bits per heavy atom. The maximum atomic E-state index is 11.5. The number of hydrogen-bond donors (Lipinski definition) is 0. The fourth-order valence-corrected chi connectivity index (χ4v) is 1.65. The molecule has 1 nitrogen and oxygen atoms in total. The van der Waals surface area contributed by atoms with Crippen LogP contribution in [0.2, 0.25) is 15.1 Å². The molecule has 0 bridgehead atoms. The molecule has 0 aliphatic heterocycles. The lowest BCUT2D eigenvalue weighted by Gasteiger charge is -2.05. The third kappa shape index (κ3) is 2.54. The molecule has 0 aliphatic rings. The van der Waals surface area contributed by atoms with Gasteiger partial charge in [0.1, 0.15) is 0 Å². The largest absolute Gasteiger partial charge is 0.293 e. The Labute approximate surface area is 102 Å². The molecule has 0 spiro atoms. The zero-order valence-corrected chi connectivity index (χ0v) is 10.2. The van der Waals surface area contributed by atoms with E-state index in [4.69, 9.17) is 46.4 Å². The SMILES string of the molecule is CC(Cl)C(=O)c1cc(Cl)c(Cl)c(Cl)c1. The molecule has 76 valence electrons. The van der Waals surface area contributed by atoms with Crippen molar-refractivity contribution in [2.45, 2.75) is 12.3 Å². The van der Waals surface area contributed by atoms with Gasteiger partial charge in [0.2, 0.25) is 0 Å². The van der Waals surface area contributed by atoms with Crippen LogP contribution in [0.25, 0.3) is 0 Å². The van der Waals surface area contributed by atoms with Crippen molar-refractivity contribution in [3.8, 4) is 0 Å². The summed E-state index contributed by atoms with van der Waals surface area (Å²) < 4.78 is 0.